The zero-order valence-corrected chi connectivity index (χ0v) is 14.7. The summed E-state index contributed by atoms with van der Waals surface area (Å²) >= 11 is 0. The van der Waals surface area contributed by atoms with Crippen LogP contribution in [-0.2, 0) is 4.79 Å². The molecule has 8 nitrogen and oxygen atoms in total. The molecule has 0 aromatic carbocycles. The molecule has 136 valence electrons. The van der Waals surface area contributed by atoms with Crippen LogP contribution in [0.1, 0.15) is 48.8 Å². The molecular formula is C17H25N5O3. The molecule has 2 amide bonds. The summed E-state index contributed by atoms with van der Waals surface area (Å²) < 4.78 is 0. The number of hydrogen-bond donors (Lipinski definition) is 2. The molecule has 1 aromatic heterocycles. The minimum Gasteiger partial charge on any atom is -0.341 e. The Morgan fingerprint density at radius 1 is 1.24 bits per heavy atom. The number of nitrogens with zero attached hydrogens (tertiary/aromatic N) is 3. The highest BCUT2D eigenvalue weighted by atomic mass is 16.2. The van der Waals surface area contributed by atoms with Gasteiger partial charge in [0.2, 0.25) is 5.91 Å². The van der Waals surface area contributed by atoms with Crippen LogP contribution in [0.3, 0.4) is 0 Å². The third kappa shape index (κ3) is 3.58. The molecule has 8 heteroatoms. The van der Waals surface area contributed by atoms with E-state index < -0.39 is 17.5 Å². The number of aromatic amines is 1. The number of nitrogens with one attached hydrogen (secondary N) is 2. The highest BCUT2D eigenvalue weighted by Gasteiger charge is 2.36. The second-order valence-corrected chi connectivity index (χ2v) is 6.92. The number of rotatable bonds is 3. The molecule has 0 aliphatic carbocycles. The predicted molar refractivity (Wildman–Crippen MR) is 92.5 cm³/mol. The van der Waals surface area contributed by atoms with Gasteiger partial charge in [0.15, 0.2) is 0 Å². The first kappa shape index (κ1) is 17.6. The lowest BCUT2D eigenvalue weighted by molar-refractivity contribution is -0.135. The van der Waals surface area contributed by atoms with E-state index in [9.17, 15) is 14.4 Å². The first-order chi connectivity index (χ1) is 12.0. The number of piperazine rings is 1. The van der Waals surface area contributed by atoms with Crippen molar-refractivity contribution < 1.29 is 9.59 Å². The molecule has 2 N–H and O–H groups in total. The summed E-state index contributed by atoms with van der Waals surface area (Å²) in [6.07, 6.45) is 3.33. The van der Waals surface area contributed by atoms with Crippen LogP contribution in [0.15, 0.2) is 11.0 Å². The van der Waals surface area contributed by atoms with Gasteiger partial charge < -0.3 is 20.1 Å². The number of aromatic nitrogens is 2. The molecule has 0 saturated carbocycles. The van der Waals surface area contributed by atoms with Crippen molar-refractivity contribution in [3.05, 3.63) is 27.9 Å². The zero-order chi connectivity index (χ0) is 18.0. The maximum atomic E-state index is 12.9. The monoisotopic (exact) mass is 347 g/mol. The van der Waals surface area contributed by atoms with Gasteiger partial charge in [-0.1, -0.05) is 13.8 Å². The molecule has 25 heavy (non-hydrogen) atoms. The normalized spacial score (nSPS) is 21.0. The molecule has 2 fully saturated rings. The fourth-order valence-corrected chi connectivity index (χ4v) is 3.33. The Kier molecular flexibility index (Phi) is 5.17. The lowest BCUT2D eigenvalue weighted by Gasteiger charge is -2.37. The largest absolute Gasteiger partial charge is 0.341 e. The lowest BCUT2D eigenvalue weighted by atomic mass is 10.1. The number of H-pyrrole nitrogens is 1. The Morgan fingerprint density at radius 2 is 1.96 bits per heavy atom. The summed E-state index contributed by atoms with van der Waals surface area (Å²) in [5.41, 5.74) is -0.458. The summed E-state index contributed by atoms with van der Waals surface area (Å²) in [5, 5.41) is 3.17. The van der Waals surface area contributed by atoms with Crippen molar-refractivity contribution in [3.63, 3.8) is 0 Å². The molecule has 3 rings (SSSR count). The Morgan fingerprint density at radius 3 is 2.60 bits per heavy atom. The van der Waals surface area contributed by atoms with Gasteiger partial charge in [-0.3, -0.25) is 14.4 Å². The van der Waals surface area contributed by atoms with Gasteiger partial charge >= 0.3 is 0 Å². The number of likely N-dealkylation sites (tertiary alicyclic amines) is 1. The second kappa shape index (κ2) is 7.35. The van der Waals surface area contributed by atoms with E-state index in [0.717, 1.165) is 25.9 Å². The fraction of sp³-hybridized carbons (Fsp3) is 0.647. The van der Waals surface area contributed by atoms with E-state index in [1.807, 2.05) is 18.7 Å². The van der Waals surface area contributed by atoms with Crippen molar-refractivity contribution in [2.45, 2.75) is 38.6 Å². The zero-order valence-electron chi connectivity index (χ0n) is 14.7. The highest BCUT2D eigenvalue weighted by Crippen LogP contribution is 2.15. The molecule has 1 unspecified atom stereocenters. The smallest absolute Gasteiger partial charge is 0.263 e. The van der Waals surface area contributed by atoms with Crippen LogP contribution in [0.5, 0.6) is 0 Å². The third-order valence-corrected chi connectivity index (χ3v) is 4.80. The topological polar surface area (TPSA) is 98.4 Å². The SMILES string of the molecule is CC(C)c1ncc(C(=O)N2CCNCC2C(=O)N2CCCC2)c(=O)[nH]1. The Labute approximate surface area is 146 Å². The summed E-state index contributed by atoms with van der Waals surface area (Å²) in [4.78, 5) is 48.1. The summed E-state index contributed by atoms with van der Waals surface area (Å²) in [6, 6.07) is -0.566. The predicted octanol–water partition coefficient (Wildman–Crippen LogP) is -0.0703. The molecule has 0 bridgehead atoms. The number of carbonyl (C=O) groups is 2. The maximum Gasteiger partial charge on any atom is 0.263 e. The van der Waals surface area contributed by atoms with Gasteiger partial charge in [0.05, 0.1) is 0 Å². The van der Waals surface area contributed by atoms with Crippen molar-refractivity contribution in [2.75, 3.05) is 32.7 Å². The first-order valence-electron chi connectivity index (χ1n) is 8.88. The quantitative estimate of drug-likeness (QED) is 0.798. The van der Waals surface area contributed by atoms with Crippen molar-refractivity contribution in [3.8, 4) is 0 Å². The van der Waals surface area contributed by atoms with Gasteiger partial charge in [-0.05, 0) is 12.8 Å². The van der Waals surface area contributed by atoms with E-state index >= 15 is 0 Å². The lowest BCUT2D eigenvalue weighted by Crippen LogP contribution is -2.60. The van der Waals surface area contributed by atoms with E-state index in [1.54, 1.807) is 0 Å². The van der Waals surface area contributed by atoms with E-state index in [4.69, 9.17) is 0 Å². The molecular weight excluding hydrogens is 322 g/mol. The number of carbonyl (C=O) groups excluding carboxylic acids is 2. The van der Waals surface area contributed by atoms with E-state index in [-0.39, 0.29) is 17.4 Å². The van der Waals surface area contributed by atoms with Crippen LogP contribution < -0.4 is 10.9 Å². The Balaban J connectivity index is 1.83. The number of amides is 2. The second-order valence-electron chi connectivity index (χ2n) is 6.92. The van der Waals surface area contributed by atoms with E-state index in [1.165, 1.54) is 11.1 Å². The molecule has 2 saturated heterocycles. The molecule has 2 aliphatic rings. The standard InChI is InChI=1S/C17H25N5O3/c1-11(2)14-19-9-12(15(23)20-14)16(24)22-8-5-18-10-13(22)17(25)21-6-3-4-7-21/h9,11,13,18H,3-8,10H2,1-2H3,(H,19,20,23). The van der Waals surface area contributed by atoms with Crippen LogP contribution in [0.2, 0.25) is 0 Å². The van der Waals surface area contributed by atoms with Gasteiger partial charge in [0.1, 0.15) is 17.4 Å². The van der Waals surface area contributed by atoms with Gasteiger partial charge in [-0.2, -0.15) is 0 Å². The summed E-state index contributed by atoms with van der Waals surface area (Å²) in [6.45, 7) is 6.72. The molecule has 3 heterocycles. The Hall–Kier alpha value is -2.22. The van der Waals surface area contributed by atoms with Crippen LogP contribution in [-0.4, -0.2) is 70.3 Å². The van der Waals surface area contributed by atoms with Gasteiger partial charge in [0.25, 0.3) is 11.5 Å². The van der Waals surface area contributed by atoms with Crippen molar-refractivity contribution in [1.29, 1.82) is 0 Å². The van der Waals surface area contributed by atoms with Gasteiger partial charge in [0, 0.05) is 44.8 Å². The summed E-state index contributed by atoms with van der Waals surface area (Å²) in [7, 11) is 0. The average molecular weight is 347 g/mol. The molecule has 1 atom stereocenters. The fourth-order valence-electron chi connectivity index (χ4n) is 3.33. The first-order valence-corrected chi connectivity index (χ1v) is 8.88. The molecule has 1 aromatic rings. The minimum atomic E-state index is -0.566. The molecule has 0 spiro atoms. The highest BCUT2D eigenvalue weighted by molar-refractivity contribution is 5.97. The number of hydrogen-bond acceptors (Lipinski definition) is 5. The van der Waals surface area contributed by atoms with Gasteiger partial charge in [-0.25, -0.2) is 4.98 Å². The van der Waals surface area contributed by atoms with Crippen LogP contribution >= 0.6 is 0 Å². The minimum absolute atomic E-state index is 0.00878. The summed E-state index contributed by atoms with van der Waals surface area (Å²) in [5.74, 6) is 0.149. The van der Waals surface area contributed by atoms with Crippen LogP contribution in [0.25, 0.3) is 0 Å². The third-order valence-electron chi connectivity index (χ3n) is 4.80. The van der Waals surface area contributed by atoms with Crippen molar-refractivity contribution in [1.82, 2.24) is 25.1 Å². The Bertz CT molecular complexity index is 708. The van der Waals surface area contributed by atoms with E-state index in [0.29, 0.717) is 25.5 Å². The van der Waals surface area contributed by atoms with E-state index in [2.05, 4.69) is 15.3 Å². The maximum absolute atomic E-state index is 12.9. The molecule has 2 aliphatic heterocycles. The van der Waals surface area contributed by atoms with Crippen LogP contribution in [0, 0.1) is 0 Å². The molecule has 0 radical (unpaired) electrons. The van der Waals surface area contributed by atoms with Crippen molar-refractivity contribution in [2.24, 2.45) is 0 Å². The average Bonchev–Trinajstić information content (AvgIpc) is 3.15. The van der Waals surface area contributed by atoms with Crippen LogP contribution in [0.4, 0.5) is 0 Å². The van der Waals surface area contributed by atoms with Gasteiger partial charge in [-0.15, -0.1) is 0 Å². The van der Waals surface area contributed by atoms with Crippen molar-refractivity contribution >= 4 is 11.8 Å².